The molecule has 0 unspecified atom stereocenters. The maximum Gasteiger partial charge on any atom is 0.257 e. The third-order valence-corrected chi connectivity index (χ3v) is 5.66. The summed E-state index contributed by atoms with van der Waals surface area (Å²) in [5, 5.41) is 12.6. The van der Waals surface area contributed by atoms with Gasteiger partial charge in [-0.3, -0.25) is 4.99 Å². The van der Waals surface area contributed by atoms with Crippen molar-refractivity contribution < 1.29 is 9.67 Å². The lowest BCUT2D eigenvalue weighted by Gasteiger charge is -2.09. The molecule has 0 fully saturated rings. The normalized spacial score (nSPS) is 13.2. The summed E-state index contributed by atoms with van der Waals surface area (Å²) in [4.78, 5) is 4.33. The molecule has 158 valence electrons. The average Bonchev–Trinajstić information content (AvgIpc) is 3.32. The second-order valence-corrected chi connectivity index (χ2v) is 7.96. The number of fused-ring (bicyclic) bond motifs is 1. The van der Waals surface area contributed by atoms with Gasteiger partial charge < -0.3 is 5.11 Å². The number of aryl methyl sites for hydroxylation is 2. The standard InChI is InChI=1S/C25H29N3O.ClH/c1-3-4-6-20-10-14-22(15-11-20)26-24(29)18-27-17-23(28-16-5-7-25(27)28)21-12-8-19(2)9-13-21;/h8-15,17H,3-7,16,18H2,1-2H3;1H. The highest BCUT2D eigenvalue weighted by molar-refractivity contribution is 5.85. The minimum atomic E-state index is -0.105. The van der Waals surface area contributed by atoms with Gasteiger partial charge in [0.05, 0.1) is 18.7 Å². The van der Waals surface area contributed by atoms with Gasteiger partial charge in [0, 0.05) is 11.5 Å². The van der Waals surface area contributed by atoms with Gasteiger partial charge in [-0.15, -0.1) is 12.4 Å². The van der Waals surface area contributed by atoms with Gasteiger partial charge in [0.2, 0.25) is 0 Å². The van der Waals surface area contributed by atoms with Crippen LogP contribution in [0.1, 0.15) is 43.1 Å². The molecule has 0 aliphatic carbocycles. The monoisotopic (exact) mass is 423 g/mol. The molecule has 0 saturated carbocycles. The molecule has 4 rings (SSSR count). The Kier molecular flexibility index (Phi) is 7.33. The molecule has 0 atom stereocenters. The molecule has 0 spiro atoms. The van der Waals surface area contributed by atoms with Crippen molar-refractivity contribution in [3.63, 3.8) is 0 Å². The number of aliphatic imine (C=N–C) groups is 1. The van der Waals surface area contributed by atoms with E-state index in [9.17, 15) is 5.11 Å². The van der Waals surface area contributed by atoms with Gasteiger partial charge in [-0.1, -0.05) is 55.3 Å². The summed E-state index contributed by atoms with van der Waals surface area (Å²) in [6, 6.07) is 16.7. The Morgan fingerprint density at radius 1 is 1.10 bits per heavy atom. The van der Waals surface area contributed by atoms with Crippen molar-refractivity contribution in [2.75, 3.05) is 0 Å². The molecular formula is C25H30ClN3O. The van der Waals surface area contributed by atoms with E-state index in [1.165, 1.54) is 41.1 Å². The van der Waals surface area contributed by atoms with Gasteiger partial charge in [0.1, 0.15) is 12.7 Å². The van der Waals surface area contributed by atoms with E-state index in [1.54, 1.807) is 0 Å². The SMILES string of the molecule is CCCCc1ccc(N=C([O-])C[n+]2cc(-c3ccc(C)cc3)n3c2CCC3)cc1.Cl. The number of hydrogen-bond acceptors (Lipinski definition) is 2. The highest BCUT2D eigenvalue weighted by Crippen LogP contribution is 2.25. The zero-order valence-corrected chi connectivity index (χ0v) is 18.6. The van der Waals surface area contributed by atoms with E-state index in [2.05, 4.69) is 70.6 Å². The van der Waals surface area contributed by atoms with Crippen LogP contribution in [0.5, 0.6) is 0 Å². The van der Waals surface area contributed by atoms with Gasteiger partial charge >= 0.3 is 0 Å². The number of hydrogen-bond donors (Lipinski definition) is 0. The van der Waals surface area contributed by atoms with Crippen LogP contribution < -0.4 is 9.67 Å². The Balaban J connectivity index is 0.00000256. The van der Waals surface area contributed by atoms with Gasteiger partial charge in [0.25, 0.3) is 5.82 Å². The molecule has 3 aromatic rings. The number of imidazole rings is 1. The van der Waals surface area contributed by atoms with E-state index < -0.39 is 0 Å². The summed E-state index contributed by atoms with van der Waals surface area (Å²) in [7, 11) is 0. The largest absolute Gasteiger partial charge is 0.859 e. The summed E-state index contributed by atoms with van der Waals surface area (Å²) in [5.41, 5.74) is 5.69. The topological polar surface area (TPSA) is 44.2 Å². The van der Waals surface area contributed by atoms with Crippen LogP contribution in [0.4, 0.5) is 5.69 Å². The quantitative estimate of drug-likeness (QED) is 0.312. The smallest absolute Gasteiger partial charge is 0.257 e. The molecule has 0 bridgehead atoms. The zero-order valence-electron chi connectivity index (χ0n) is 17.8. The van der Waals surface area contributed by atoms with Crippen molar-refractivity contribution >= 4 is 24.0 Å². The van der Waals surface area contributed by atoms with E-state index in [4.69, 9.17) is 0 Å². The van der Waals surface area contributed by atoms with Crippen molar-refractivity contribution in [2.24, 2.45) is 4.99 Å². The molecule has 1 aliphatic heterocycles. The fourth-order valence-electron chi connectivity index (χ4n) is 4.04. The fraction of sp³-hybridized carbons (Fsp3) is 0.360. The molecule has 1 aliphatic rings. The molecule has 5 heteroatoms. The van der Waals surface area contributed by atoms with E-state index in [-0.39, 0.29) is 18.3 Å². The third-order valence-electron chi connectivity index (χ3n) is 5.66. The van der Waals surface area contributed by atoms with Crippen molar-refractivity contribution in [3.05, 3.63) is 71.7 Å². The van der Waals surface area contributed by atoms with E-state index in [0.717, 1.165) is 31.5 Å². The Bertz CT molecular complexity index is 1000. The molecule has 0 N–H and O–H groups in total. The highest BCUT2D eigenvalue weighted by atomic mass is 35.5. The second-order valence-electron chi connectivity index (χ2n) is 7.96. The first-order valence-corrected chi connectivity index (χ1v) is 10.7. The first-order chi connectivity index (χ1) is 14.1. The number of benzene rings is 2. The lowest BCUT2D eigenvalue weighted by Crippen LogP contribution is -2.43. The Labute approximate surface area is 185 Å². The number of unbranched alkanes of at least 4 members (excludes halogenated alkanes) is 1. The zero-order chi connectivity index (χ0) is 20.2. The second kappa shape index (κ2) is 9.94. The Morgan fingerprint density at radius 2 is 1.83 bits per heavy atom. The van der Waals surface area contributed by atoms with Crippen LogP contribution in [-0.2, 0) is 25.9 Å². The van der Waals surface area contributed by atoms with Crippen LogP contribution in [0.25, 0.3) is 11.3 Å². The first kappa shape index (κ1) is 22.1. The highest BCUT2D eigenvalue weighted by Gasteiger charge is 2.28. The Morgan fingerprint density at radius 3 is 2.53 bits per heavy atom. The molecule has 1 aromatic heterocycles. The lowest BCUT2D eigenvalue weighted by molar-refractivity contribution is -0.693. The van der Waals surface area contributed by atoms with E-state index in [1.807, 2.05) is 12.1 Å². The molecule has 0 radical (unpaired) electrons. The predicted octanol–water partition coefficient (Wildman–Crippen LogP) is 4.55. The number of aromatic nitrogens is 2. The minimum Gasteiger partial charge on any atom is -0.859 e. The van der Waals surface area contributed by atoms with Crippen molar-refractivity contribution in [1.29, 1.82) is 0 Å². The van der Waals surface area contributed by atoms with Crippen LogP contribution in [-0.4, -0.2) is 10.5 Å². The predicted molar refractivity (Wildman–Crippen MR) is 123 cm³/mol. The van der Waals surface area contributed by atoms with Gasteiger partial charge in [-0.25, -0.2) is 9.13 Å². The van der Waals surface area contributed by atoms with Gasteiger partial charge in [0.15, 0.2) is 5.69 Å². The third kappa shape index (κ3) is 4.93. The van der Waals surface area contributed by atoms with Crippen molar-refractivity contribution in [3.8, 4) is 11.3 Å². The number of rotatable bonds is 7. The average molecular weight is 424 g/mol. The number of halogens is 1. The van der Waals surface area contributed by atoms with E-state index >= 15 is 0 Å². The molecule has 4 nitrogen and oxygen atoms in total. The molecule has 2 heterocycles. The maximum absolute atomic E-state index is 12.6. The van der Waals surface area contributed by atoms with Crippen molar-refractivity contribution in [1.82, 2.24) is 4.57 Å². The summed E-state index contributed by atoms with van der Waals surface area (Å²) >= 11 is 0. The maximum atomic E-state index is 12.6. The van der Waals surface area contributed by atoms with Gasteiger partial charge in [-0.05, 0) is 43.9 Å². The summed E-state index contributed by atoms with van der Waals surface area (Å²) in [6.07, 6.45) is 7.70. The summed E-state index contributed by atoms with van der Waals surface area (Å²) < 4.78 is 4.43. The summed E-state index contributed by atoms with van der Waals surface area (Å²) in [6.45, 7) is 5.60. The Hall–Kier alpha value is -2.59. The number of nitrogens with zero attached hydrogens (tertiary/aromatic N) is 3. The van der Waals surface area contributed by atoms with Crippen LogP contribution in [0, 0.1) is 6.92 Å². The fourth-order valence-corrected chi connectivity index (χ4v) is 4.04. The van der Waals surface area contributed by atoms with Crippen LogP contribution in [0.2, 0.25) is 0 Å². The van der Waals surface area contributed by atoms with Crippen molar-refractivity contribution in [2.45, 2.75) is 59.0 Å². The minimum absolute atomic E-state index is 0. The molecular weight excluding hydrogens is 394 g/mol. The molecule has 30 heavy (non-hydrogen) atoms. The van der Waals surface area contributed by atoms with E-state index in [0.29, 0.717) is 6.54 Å². The van der Waals surface area contributed by atoms with Crippen LogP contribution in [0.15, 0.2) is 59.7 Å². The molecule has 2 aromatic carbocycles. The molecule has 0 saturated heterocycles. The summed E-state index contributed by atoms with van der Waals surface area (Å²) in [5.74, 6) is 1.12. The van der Waals surface area contributed by atoms with Gasteiger partial charge in [-0.2, -0.15) is 0 Å². The molecule has 0 amide bonds. The lowest BCUT2D eigenvalue weighted by atomic mass is 10.1. The van der Waals surface area contributed by atoms with Crippen LogP contribution >= 0.6 is 12.4 Å². The first-order valence-electron chi connectivity index (χ1n) is 10.7. The van der Waals surface area contributed by atoms with Crippen LogP contribution in [0.3, 0.4) is 0 Å².